The van der Waals surface area contributed by atoms with E-state index in [1.54, 1.807) is 17.0 Å². The number of hydrogen-bond acceptors (Lipinski definition) is 3. The van der Waals surface area contributed by atoms with Crippen molar-refractivity contribution in [3.05, 3.63) is 65.1 Å². The minimum atomic E-state index is -0.493. The smallest absolute Gasteiger partial charge is 0.410 e. The highest BCUT2D eigenvalue weighted by Gasteiger charge is 2.26. The van der Waals surface area contributed by atoms with Crippen LogP contribution >= 0.6 is 0 Å². The predicted molar refractivity (Wildman–Crippen MR) is 119 cm³/mol. The van der Waals surface area contributed by atoms with Gasteiger partial charge >= 0.3 is 6.09 Å². The molecule has 0 saturated carbocycles. The van der Waals surface area contributed by atoms with Gasteiger partial charge in [-0.3, -0.25) is 0 Å². The minimum Gasteiger partial charge on any atom is -0.489 e. The van der Waals surface area contributed by atoms with Crippen LogP contribution in [0, 0.1) is 5.82 Å². The maximum Gasteiger partial charge on any atom is 0.410 e. The molecule has 0 aliphatic carbocycles. The van der Waals surface area contributed by atoms with Crippen molar-refractivity contribution in [1.82, 2.24) is 9.47 Å². The van der Waals surface area contributed by atoms with Gasteiger partial charge in [0.25, 0.3) is 0 Å². The van der Waals surface area contributed by atoms with Crippen molar-refractivity contribution in [2.75, 3.05) is 13.1 Å². The molecule has 5 nitrogen and oxygen atoms in total. The molecule has 0 fully saturated rings. The molecular formula is C25H29FN2O3. The van der Waals surface area contributed by atoms with Crippen LogP contribution in [0.1, 0.15) is 37.6 Å². The summed E-state index contributed by atoms with van der Waals surface area (Å²) in [4.78, 5) is 14.3. The summed E-state index contributed by atoms with van der Waals surface area (Å²) in [7, 11) is 2.06. The summed E-state index contributed by atoms with van der Waals surface area (Å²) in [5, 5.41) is 1.19. The molecule has 1 aliphatic rings. The highest BCUT2D eigenvalue weighted by Crippen LogP contribution is 2.31. The van der Waals surface area contributed by atoms with Gasteiger partial charge < -0.3 is 18.9 Å². The van der Waals surface area contributed by atoms with Gasteiger partial charge in [0.2, 0.25) is 0 Å². The molecule has 1 aliphatic heterocycles. The van der Waals surface area contributed by atoms with E-state index in [1.807, 2.05) is 26.8 Å². The van der Waals surface area contributed by atoms with Crippen LogP contribution < -0.4 is 4.74 Å². The van der Waals surface area contributed by atoms with Crippen molar-refractivity contribution >= 4 is 17.0 Å². The zero-order valence-corrected chi connectivity index (χ0v) is 18.6. The molecular weight excluding hydrogens is 395 g/mol. The van der Waals surface area contributed by atoms with Crippen molar-refractivity contribution in [3.8, 4) is 5.75 Å². The van der Waals surface area contributed by atoms with Crippen molar-refractivity contribution in [2.45, 2.75) is 45.8 Å². The molecule has 0 radical (unpaired) electrons. The lowest BCUT2D eigenvalue weighted by Gasteiger charge is -2.26. The Labute approximate surface area is 182 Å². The Bertz CT molecular complexity index is 1100. The lowest BCUT2D eigenvalue weighted by molar-refractivity contribution is 0.0258. The van der Waals surface area contributed by atoms with Gasteiger partial charge in [-0.25, -0.2) is 9.18 Å². The molecule has 4 rings (SSSR count). The van der Waals surface area contributed by atoms with Gasteiger partial charge in [0.1, 0.15) is 23.8 Å². The maximum atomic E-state index is 13.1. The SMILES string of the molecule is Cn1c2c(c3ccc(OCc4ccc(F)cc4)cc31)CCN(C(=O)OC(C)(C)C)CC2. The molecule has 2 aromatic carbocycles. The maximum absolute atomic E-state index is 13.1. The van der Waals surface area contributed by atoms with Gasteiger partial charge in [0.05, 0.1) is 5.52 Å². The molecule has 164 valence electrons. The average molecular weight is 425 g/mol. The van der Waals surface area contributed by atoms with Crippen LogP contribution in [0.4, 0.5) is 9.18 Å². The third-order valence-corrected chi connectivity index (χ3v) is 5.63. The Morgan fingerprint density at radius 1 is 1.06 bits per heavy atom. The number of hydrogen-bond donors (Lipinski definition) is 0. The van der Waals surface area contributed by atoms with E-state index >= 15 is 0 Å². The van der Waals surface area contributed by atoms with E-state index in [0.29, 0.717) is 19.7 Å². The summed E-state index contributed by atoms with van der Waals surface area (Å²) < 4.78 is 26.8. The number of carbonyl (C=O) groups excluding carboxylic acids is 1. The first-order chi connectivity index (χ1) is 14.7. The highest BCUT2D eigenvalue weighted by molar-refractivity contribution is 5.87. The molecule has 1 amide bonds. The fraction of sp³-hybridized carbons (Fsp3) is 0.400. The van der Waals surface area contributed by atoms with Gasteiger partial charge in [-0.15, -0.1) is 0 Å². The zero-order valence-electron chi connectivity index (χ0n) is 18.6. The number of ether oxygens (including phenoxy) is 2. The topological polar surface area (TPSA) is 43.7 Å². The second-order valence-corrected chi connectivity index (χ2v) is 9.05. The molecule has 0 saturated heterocycles. The van der Waals surface area contributed by atoms with E-state index in [-0.39, 0.29) is 11.9 Å². The zero-order chi connectivity index (χ0) is 22.2. The summed E-state index contributed by atoms with van der Waals surface area (Å²) in [6.45, 7) is 7.34. The fourth-order valence-corrected chi connectivity index (χ4v) is 4.09. The summed E-state index contributed by atoms with van der Waals surface area (Å²) in [5.41, 5.74) is 4.08. The van der Waals surface area contributed by atoms with Crippen LogP contribution in [0.2, 0.25) is 0 Å². The second kappa shape index (κ2) is 8.25. The normalized spacial score (nSPS) is 14.3. The van der Waals surface area contributed by atoms with Crippen LogP contribution in [0.5, 0.6) is 5.75 Å². The molecule has 0 spiro atoms. The first kappa shape index (κ1) is 21.2. The molecule has 0 atom stereocenters. The number of nitrogens with zero attached hydrogens (tertiary/aromatic N) is 2. The van der Waals surface area contributed by atoms with Crippen molar-refractivity contribution < 1.29 is 18.7 Å². The lowest BCUT2D eigenvalue weighted by Crippen LogP contribution is -2.38. The Hall–Kier alpha value is -3.02. The fourth-order valence-electron chi connectivity index (χ4n) is 4.09. The largest absolute Gasteiger partial charge is 0.489 e. The first-order valence-corrected chi connectivity index (χ1v) is 10.7. The van der Waals surface area contributed by atoms with Crippen molar-refractivity contribution in [3.63, 3.8) is 0 Å². The van der Waals surface area contributed by atoms with Crippen molar-refractivity contribution in [2.24, 2.45) is 7.05 Å². The number of aryl methyl sites for hydroxylation is 1. The predicted octanol–water partition coefficient (Wildman–Crippen LogP) is 5.23. The number of rotatable bonds is 3. The van der Waals surface area contributed by atoms with E-state index < -0.39 is 5.60 Å². The Morgan fingerprint density at radius 2 is 1.77 bits per heavy atom. The number of carbonyl (C=O) groups is 1. The van der Waals surface area contributed by atoms with Gasteiger partial charge in [-0.05, 0) is 62.6 Å². The van der Waals surface area contributed by atoms with Crippen molar-refractivity contribution in [1.29, 1.82) is 0 Å². The third kappa shape index (κ3) is 4.68. The van der Waals surface area contributed by atoms with Gasteiger partial charge in [-0.2, -0.15) is 0 Å². The summed E-state index contributed by atoms with van der Waals surface area (Å²) in [5.74, 6) is 0.531. The van der Waals surface area contributed by atoms with Gasteiger partial charge in [-0.1, -0.05) is 12.1 Å². The average Bonchev–Trinajstić information content (AvgIpc) is 2.86. The Morgan fingerprint density at radius 3 is 2.48 bits per heavy atom. The molecule has 31 heavy (non-hydrogen) atoms. The van der Waals surface area contributed by atoms with Gasteiger partial charge in [0, 0.05) is 43.7 Å². The monoisotopic (exact) mass is 424 g/mol. The molecule has 0 bridgehead atoms. The number of aromatic nitrogens is 1. The second-order valence-electron chi connectivity index (χ2n) is 9.05. The molecule has 3 aromatic rings. The summed E-state index contributed by atoms with van der Waals surface area (Å²) in [6.07, 6.45) is 1.33. The highest BCUT2D eigenvalue weighted by atomic mass is 19.1. The number of fused-ring (bicyclic) bond motifs is 3. The Balaban J connectivity index is 1.51. The Kier molecular flexibility index (Phi) is 5.65. The van der Waals surface area contributed by atoms with Gasteiger partial charge in [0.15, 0.2) is 0 Å². The van der Waals surface area contributed by atoms with E-state index in [0.717, 1.165) is 29.7 Å². The number of benzene rings is 2. The van der Waals surface area contributed by atoms with E-state index in [1.165, 1.54) is 28.8 Å². The van der Waals surface area contributed by atoms with Crippen LogP contribution in [0.3, 0.4) is 0 Å². The molecule has 1 aromatic heterocycles. The first-order valence-electron chi connectivity index (χ1n) is 10.7. The molecule has 6 heteroatoms. The number of halogens is 1. The van der Waals surface area contributed by atoms with E-state index in [2.05, 4.69) is 23.7 Å². The number of amides is 1. The van der Waals surface area contributed by atoms with E-state index in [9.17, 15) is 9.18 Å². The van der Waals surface area contributed by atoms with Crippen LogP contribution in [-0.4, -0.2) is 34.3 Å². The standard InChI is InChI=1S/C25H29FN2O3/c1-25(2,3)31-24(29)28-13-11-21-20-10-9-19(15-23(20)27(4)22(21)12-14-28)30-16-17-5-7-18(26)8-6-17/h5-10,15H,11-14,16H2,1-4H3. The third-order valence-electron chi connectivity index (χ3n) is 5.63. The molecule has 0 N–H and O–H groups in total. The minimum absolute atomic E-state index is 0.249. The van der Waals surface area contributed by atoms with Crippen LogP contribution in [0.25, 0.3) is 10.9 Å². The quantitative estimate of drug-likeness (QED) is 0.578. The lowest BCUT2D eigenvalue weighted by atomic mass is 10.1. The molecule has 2 heterocycles. The summed E-state index contributed by atoms with van der Waals surface area (Å²) in [6, 6.07) is 12.5. The molecule has 0 unspecified atom stereocenters. The summed E-state index contributed by atoms with van der Waals surface area (Å²) >= 11 is 0. The van der Waals surface area contributed by atoms with E-state index in [4.69, 9.17) is 9.47 Å². The van der Waals surface area contributed by atoms with Crippen LogP contribution in [-0.2, 0) is 31.2 Å². The van der Waals surface area contributed by atoms with Crippen LogP contribution in [0.15, 0.2) is 42.5 Å².